The normalized spacial score (nSPS) is 16.2. The first kappa shape index (κ1) is 18.5. The van der Waals surface area contributed by atoms with Gasteiger partial charge in [-0.1, -0.05) is 72.8 Å². The number of likely N-dealkylation sites (N-methyl/N-ethyl adjacent to an activating group) is 1. The first-order chi connectivity index (χ1) is 14.7. The van der Waals surface area contributed by atoms with Gasteiger partial charge in [-0.25, -0.2) is 0 Å². The molecule has 4 aromatic rings. The van der Waals surface area contributed by atoms with E-state index in [0.717, 1.165) is 6.42 Å². The highest BCUT2D eigenvalue weighted by Crippen LogP contribution is 2.31. The largest absolute Gasteiger partial charge is 0.368 e. The van der Waals surface area contributed by atoms with Crippen LogP contribution in [0.15, 0.2) is 84.9 Å². The Balaban J connectivity index is 1.34. The summed E-state index contributed by atoms with van der Waals surface area (Å²) >= 11 is 0. The van der Waals surface area contributed by atoms with E-state index in [1.165, 1.54) is 39.0 Å². The molecule has 0 amide bonds. The molecule has 2 nitrogen and oxygen atoms in total. The first-order valence-electron chi connectivity index (χ1n) is 10.5. The van der Waals surface area contributed by atoms with Crippen LogP contribution in [0.4, 0.5) is 5.69 Å². The lowest BCUT2D eigenvalue weighted by molar-refractivity contribution is 0.805. The van der Waals surface area contributed by atoms with Crippen molar-refractivity contribution in [1.29, 1.82) is 0 Å². The van der Waals surface area contributed by atoms with Gasteiger partial charge in [0.2, 0.25) is 0 Å². The SMILES string of the molecule is CN1c2ccccc2CC1/C=C/c1cccc(/C=C/c2cc3ccccc3n2C)c1. The van der Waals surface area contributed by atoms with Crippen molar-refractivity contribution in [2.45, 2.75) is 12.5 Å². The number of rotatable bonds is 4. The molecule has 0 bridgehead atoms. The fraction of sp³-hybridized carbons (Fsp3) is 0.143. The Morgan fingerprint density at radius 1 is 0.767 bits per heavy atom. The highest BCUT2D eigenvalue weighted by Gasteiger charge is 2.23. The van der Waals surface area contributed by atoms with E-state index in [9.17, 15) is 0 Å². The predicted molar refractivity (Wildman–Crippen MR) is 130 cm³/mol. The Morgan fingerprint density at radius 3 is 2.37 bits per heavy atom. The average Bonchev–Trinajstić information content (AvgIpc) is 3.28. The summed E-state index contributed by atoms with van der Waals surface area (Å²) in [4.78, 5) is 2.37. The lowest BCUT2D eigenvalue weighted by Gasteiger charge is -2.19. The standard InChI is InChI=1S/C28H26N2/c1-29-25(19-23-10-3-5-12-27(23)29)16-14-21-8-7-9-22(18-21)15-17-26-20-24-11-4-6-13-28(24)30(26)2/h3-19,26H,20H2,1-2H3/b16-14+,17-15+. The molecule has 0 spiro atoms. The fourth-order valence-corrected chi connectivity index (χ4v) is 4.41. The van der Waals surface area contributed by atoms with Crippen molar-refractivity contribution in [2.24, 2.45) is 7.05 Å². The van der Waals surface area contributed by atoms with E-state index < -0.39 is 0 Å². The number of fused-ring (bicyclic) bond motifs is 2. The van der Waals surface area contributed by atoms with E-state index in [2.05, 4.69) is 127 Å². The molecule has 1 atom stereocenters. The van der Waals surface area contributed by atoms with Gasteiger partial charge in [-0.2, -0.15) is 0 Å². The second kappa shape index (κ2) is 7.72. The number of hydrogen-bond donors (Lipinski definition) is 0. The summed E-state index contributed by atoms with van der Waals surface area (Å²) < 4.78 is 2.24. The van der Waals surface area contributed by atoms with Gasteiger partial charge in [0.25, 0.3) is 0 Å². The molecule has 2 heterocycles. The van der Waals surface area contributed by atoms with E-state index in [-0.39, 0.29) is 0 Å². The van der Waals surface area contributed by atoms with Crippen LogP contribution in [0.2, 0.25) is 0 Å². The topological polar surface area (TPSA) is 8.17 Å². The number of para-hydroxylation sites is 2. The van der Waals surface area contributed by atoms with Gasteiger partial charge in [-0.15, -0.1) is 0 Å². The smallest absolute Gasteiger partial charge is 0.0514 e. The van der Waals surface area contributed by atoms with Crippen molar-refractivity contribution in [1.82, 2.24) is 4.57 Å². The molecule has 1 aliphatic rings. The third-order valence-corrected chi connectivity index (χ3v) is 6.15. The minimum atomic E-state index is 0.414. The minimum absolute atomic E-state index is 0.414. The Labute approximate surface area is 178 Å². The number of nitrogens with zero attached hydrogens (tertiary/aromatic N) is 2. The Bertz CT molecular complexity index is 1260. The van der Waals surface area contributed by atoms with Crippen LogP contribution in [-0.2, 0) is 13.5 Å². The molecule has 1 unspecified atom stereocenters. The summed E-state index contributed by atoms with van der Waals surface area (Å²) in [5.41, 5.74) is 7.70. The third kappa shape index (κ3) is 3.46. The second-order valence-corrected chi connectivity index (χ2v) is 8.06. The summed E-state index contributed by atoms with van der Waals surface area (Å²) in [7, 11) is 4.31. The lowest BCUT2D eigenvalue weighted by Crippen LogP contribution is -2.25. The minimum Gasteiger partial charge on any atom is -0.368 e. The molecule has 0 radical (unpaired) electrons. The molecule has 5 rings (SSSR count). The monoisotopic (exact) mass is 390 g/mol. The number of aryl methyl sites for hydroxylation is 1. The third-order valence-electron chi connectivity index (χ3n) is 6.15. The van der Waals surface area contributed by atoms with E-state index in [4.69, 9.17) is 0 Å². The zero-order valence-electron chi connectivity index (χ0n) is 17.5. The summed E-state index contributed by atoms with van der Waals surface area (Å²) in [5.74, 6) is 0. The summed E-state index contributed by atoms with van der Waals surface area (Å²) in [6, 6.07) is 28.6. The molecular formula is C28H26N2. The first-order valence-corrected chi connectivity index (χ1v) is 10.5. The van der Waals surface area contributed by atoms with E-state index in [1.807, 2.05) is 0 Å². The maximum atomic E-state index is 2.37. The van der Waals surface area contributed by atoms with Crippen molar-refractivity contribution in [2.75, 3.05) is 11.9 Å². The molecule has 3 aromatic carbocycles. The molecule has 0 N–H and O–H groups in total. The van der Waals surface area contributed by atoms with Crippen molar-refractivity contribution >= 4 is 34.8 Å². The molecule has 0 saturated carbocycles. The molecule has 0 aliphatic carbocycles. The van der Waals surface area contributed by atoms with Crippen molar-refractivity contribution in [3.63, 3.8) is 0 Å². The molecule has 0 fully saturated rings. The van der Waals surface area contributed by atoms with Crippen LogP contribution < -0.4 is 4.90 Å². The van der Waals surface area contributed by atoms with Crippen LogP contribution in [-0.4, -0.2) is 17.7 Å². The van der Waals surface area contributed by atoms with Gasteiger partial charge < -0.3 is 9.47 Å². The van der Waals surface area contributed by atoms with Crippen LogP contribution >= 0.6 is 0 Å². The van der Waals surface area contributed by atoms with Crippen molar-refractivity contribution in [3.05, 3.63) is 107 Å². The van der Waals surface area contributed by atoms with Gasteiger partial charge in [-0.3, -0.25) is 0 Å². The van der Waals surface area contributed by atoms with Gasteiger partial charge in [0, 0.05) is 36.4 Å². The molecular weight excluding hydrogens is 364 g/mol. The van der Waals surface area contributed by atoms with Crippen LogP contribution in [0.5, 0.6) is 0 Å². The van der Waals surface area contributed by atoms with Crippen LogP contribution in [0.1, 0.15) is 22.4 Å². The Kier molecular flexibility index (Phi) is 4.76. The molecule has 2 heteroatoms. The zero-order chi connectivity index (χ0) is 20.5. The summed E-state index contributed by atoms with van der Waals surface area (Å²) in [6.07, 6.45) is 10.0. The molecule has 148 valence electrons. The van der Waals surface area contributed by atoms with Gasteiger partial charge >= 0.3 is 0 Å². The van der Waals surface area contributed by atoms with Gasteiger partial charge in [-0.05, 0) is 53.5 Å². The molecule has 1 aromatic heterocycles. The van der Waals surface area contributed by atoms with Gasteiger partial charge in [0.05, 0.1) is 6.04 Å². The highest BCUT2D eigenvalue weighted by atomic mass is 15.1. The van der Waals surface area contributed by atoms with Gasteiger partial charge in [0.15, 0.2) is 0 Å². The second-order valence-electron chi connectivity index (χ2n) is 8.06. The lowest BCUT2D eigenvalue weighted by atomic mass is 10.1. The predicted octanol–water partition coefficient (Wildman–Crippen LogP) is 6.42. The Hall–Kier alpha value is -3.52. The quantitative estimate of drug-likeness (QED) is 0.390. The maximum absolute atomic E-state index is 2.37. The summed E-state index contributed by atoms with van der Waals surface area (Å²) in [6.45, 7) is 0. The van der Waals surface area contributed by atoms with Crippen LogP contribution in [0.25, 0.3) is 29.1 Å². The zero-order valence-corrected chi connectivity index (χ0v) is 17.5. The van der Waals surface area contributed by atoms with Crippen molar-refractivity contribution in [3.8, 4) is 0 Å². The Morgan fingerprint density at radius 2 is 1.53 bits per heavy atom. The number of benzene rings is 3. The van der Waals surface area contributed by atoms with E-state index in [1.54, 1.807) is 0 Å². The molecule has 30 heavy (non-hydrogen) atoms. The maximum Gasteiger partial charge on any atom is 0.0514 e. The van der Waals surface area contributed by atoms with Crippen molar-refractivity contribution < 1.29 is 0 Å². The van der Waals surface area contributed by atoms with Gasteiger partial charge in [0.1, 0.15) is 0 Å². The fourth-order valence-electron chi connectivity index (χ4n) is 4.41. The number of anilines is 1. The van der Waals surface area contributed by atoms with Crippen LogP contribution in [0, 0.1) is 0 Å². The van der Waals surface area contributed by atoms with Crippen LogP contribution in [0.3, 0.4) is 0 Å². The van der Waals surface area contributed by atoms with E-state index >= 15 is 0 Å². The molecule has 0 saturated heterocycles. The number of aromatic nitrogens is 1. The molecule has 1 aliphatic heterocycles. The highest BCUT2D eigenvalue weighted by molar-refractivity contribution is 5.85. The summed E-state index contributed by atoms with van der Waals surface area (Å²) in [5, 5.41) is 1.28. The van der Waals surface area contributed by atoms with E-state index in [0.29, 0.717) is 6.04 Å². The average molecular weight is 391 g/mol. The number of hydrogen-bond acceptors (Lipinski definition) is 1.